The molecule has 0 aromatic rings. The van der Waals surface area contributed by atoms with E-state index in [4.69, 9.17) is 0 Å². The Morgan fingerprint density at radius 1 is 1.62 bits per heavy atom. The summed E-state index contributed by atoms with van der Waals surface area (Å²) >= 11 is 0. The summed E-state index contributed by atoms with van der Waals surface area (Å²) in [6.45, 7) is 1.21. The van der Waals surface area contributed by atoms with Crippen molar-refractivity contribution in [3.8, 4) is 0 Å². The molecule has 2 atom stereocenters. The maximum absolute atomic E-state index is 12.9. The second-order valence-electron chi connectivity index (χ2n) is 3.41. The molecule has 0 aromatic heterocycles. The predicted octanol–water partition coefficient (Wildman–Crippen LogP) is 1.02. The molecule has 1 saturated carbocycles. The zero-order valence-electron chi connectivity index (χ0n) is 7.34. The Labute approximate surface area is 74.1 Å². The van der Waals surface area contributed by atoms with Gasteiger partial charge in [-0.15, -0.1) is 0 Å². The second kappa shape index (κ2) is 2.75. The zero-order valence-corrected chi connectivity index (χ0v) is 7.34. The first-order valence-corrected chi connectivity index (χ1v) is 3.80. The first-order chi connectivity index (χ1) is 5.90. The molecule has 0 radical (unpaired) electrons. The Morgan fingerprint density at radius 2 is 2.15 bits per heavy atom. The number of alkyl halides is 2. The van der Waals surface area contributed by atoms with Crippen LogP contribution in [0.15, 0.2) is 0 Å². The van der Waals surface area contributed by atoms with Crippen molar-refractivity contribution >= 4 is 12.3 Å². The summed E-state index contributed by atoms with van der Waals surface area (Å²) in [4.78, 5) is 21.0. The molecule has 1 fully saturated rings. The number of rotatable bonds is 3. The maximum atomic E-state index is 12.9. The lowest BCUT2D eigenvalue weighted by atomic mass is 10.0. The normalized spacial score (nSPS) is 35.2. The average Bonchev–Trinajstić information content (AvgIpc) is 2.45. The van der Waals surface area contributed by atoms with Gasteiger partial charge in [0.15, 0.2) is 0 Å². The van der Waals surface area contributed by atoms with Gasteiger partial charge >= 0.3 is 5.97 Å². The molecule has 0 saturated heterocycles. The third kappa shape index (κ3) is 1.22. The molecule has 74 valence electrons. The van der Waals surface area contributed by atoms with Gasteiger partial charge in [-0.3, -0.25) is 4.79 Å². The molecule has 0 heterocycles. The molecule has 0 unspecified atom stereocenters. The molecule has 1 aliphatic rings. The Bertz CT molecular complexity index is 252. The minimum absolute atomic E-state index is 0.197. The highest BCUT2D eigenvalue weighted by molar-refractivity contribution is 5.75. The number of aldehydes is 1. The molecular weight excluding hydrogens is 182 g/mol. The summed E-state index contributed by atoms with van der Waals surface area (Å²) in [5, 5.41) is 0. The fraction of sp³-hybridized carbons (Fsp3) is 0.750. The van der Waals surface area contributed by atoms with Crippen molar-refractivity contribution in [3.05, 3.63) is 0 Å². The highest BCUT2D eigenvalue weighted by Crippen LogP contribution is 2.66. The molecule has 0 aromatic carbocycles. The molecule has 1 rings (SSSR count). The van der Waals surface area contributed by atoms with Crippen molar-refractivity contribution in [1.29, 1.82) is 0 Å². The van der Waals surface area contributed by atoms with Crippen LogP contribution in [0.5, 0.6) is 0 Å². The topological polar surface area (TPSA) is 43.4 Å². The first-order valence-electron chi connectivity index (χ1n) is 3.80. The summed E-state index contributed by atoms with van der Waals surface area (Å²) in [6.07, 6.45) is -0.219. The van der Waals surface area contributed by atoms with Crippen molar-refractivity contribution in [2.24, 2.45) is 11.3 Å². The van der Waals surface area contributed by atoms with Crippen LogP contribution in [-0.2, 0) is 14.3 Å². The lowest BCUT2D eigenvalue weighted by Crippen LogP contribution is -2.14. The monoisotopic (exact) mass is 192 g/mol. The van der Waals surface area contributed by atoms with Gasteiger partial charge in [0, 0.05) is 0 Å². The highest BCUT2D eigenvalue weighted by atomic mass is 19.3. The fourth-order valence-electron chi connectivity index (χ4n) is 1.45. The van der Waals surface area contributed by atoms with Crippen LogP contribution in [0.2, 0.25) is 0 Å². The van der Waals surface area contributed by atoms with Crippen LogP contribution in [-0.4, -0.2) is 25.3 Å². The minimum Gasteiger partial charge on any atom is -0.469 e. The van der Waals surface area contributed by atoms with Gasteiger partial charge in [-0.1, -0.05) is 6.92 Å². The average molecular weight is 192 g/mol. The van der Waals surface area contributed by atoms with Gasteiger partial charge in [-0.05, 0) is 0 Å². The largest absolute Gasteiger partial charge is 0.469 e. The van der Waals surface area contributed by atoms with Gasteiger partial charge in [-0.25, -0.2) is 8.78 Å². The Hall–Kier alpha value is -1.00. The molecule has 5 heteroatoms. The number of esters is 1. The number of carbonyl (C=O) groups is 2. The van der Waals surface area contributed by atoms with Crippen LogP contribution in [0.25, 0.3) is 0 Å². The lowest BCUT2D eigenvalue weighted by molar-refractivity contribution is -0.143. The van der Waals surface area contributed by atoms with E-state index >= 15 is 0 Å². The Balaban J connectivity index is 2.70. The van der Waals surface area contributed by atoms with E-state index in [1.54, 1.807) is 0 Å². The molecular formula is C8H10F2O3. The third-order valence-corrected chi connectivity index (χ3v) is 2.63. The van der Waals surface area contributed by atoms with E-state index in [9.17, 15) is 18.4 Å². The molecule has 3 nitrogen and oxygen atoms in total. The lowest BCUT2D eigenvalue weighted by Gasteiger charge is -2.06. The molecule has 0 N–H and O–H groups in total. The van der Waals surface area contributed by atoms with Gasteiger partial charge in [0.2, 0.25) is 0 Å². The summed E-state index contributed by atoms with van der Waals surface area (Å²) in [5.74, 6) is -5.13. The van der Waals surface area contributed by atoms with Crippen molar-refractivity contribution in [2.45, 2.75) is 19.3 Å². The quantitative estimate of drug-likeness (QED) is 0.495. The molecule has 0 amide bonds. The molecule has 0 bridgehead atoms. The number of halogens is 2. The van der Waals surface area contributed by atoms with Crippen LogP contribution >= 0.6 is 0 Å². The van der Waals surface area contributed by atoms with Gasteiger partial charge in [0.1, 0.15) is 6.29 Å². The summed E-state index contributed by atoms with van der Waals surface area (Å²) in [5.41, 5.74) is -1.54. The molecule has 0 spiro atoms. The fourth-order valence-corrected chi connectivity index (χ4v) is 1.45. The predicted molar refractivity (Wildman–Crippen MR) is 39.2 cm³/mol. The molecule has 13 heavy (non-hydrogen) atoms. The summed E-state index contributed by atoms with van der Waals surface area (Å²) in [6, 6.07) is 0. The van der Waals surface area contributed by atoms with Crippen molar-refractivity contribution in [1.82, 2.24) is 0 Å². The smallest absolute Gasteiger partial charge is 0.306 e. The Morgan fingerprint density at radius 3 is 2.46 bits per heavy atom. The number of hydrogen-bond acceptors (Lipinski definition) is 3. The standard InChI is InChI=1S/C8H10F2O3/c1-7(3-6(12)13-2)5(4-11)8(7,9)10/h4-5H,3H2,1-2H3/t5-,7+/m0/s1. The van der Waals surface area contributed by atoms with Gasteiger partial charge < -0.3 is 9.53 Å². The summed E-state index contributed by atoms with van der Waals surface area (Å²) in [7, 11) is 1.13. The van der Waals surface area contributed by atoms with E-state index < -0.39 is 29.6 Å². The minimum atomic E-state index is -3.07. The van der Waals surface area contributed by atoms with Crippen LogP contribution in [0.1, 0.15) is 13.3 Å². The van der Waals surface area contributed by atoms with E-state index in [1.165, 1.54) is 6.92 Å². The van der Waals surface area contributed by atoms with E-state index in [0.29, 0.717) is 0 Å². The van der Waals surface area contributed by atoms with Crippen molar-refractivity contribution in [2.75, 3.05) is 7.11 Å². The summed E-state index contributed by atoms with van der Waals surface area (Å²) < 4.78 is 30.1. The van der Waals surface area contributed by atoms with E-state index in [1.807, 2.05) is 0 Å². The van der Waals surface area contributed by atoms with E-state index in [-0.39, 0.29) is 6.29 Å². The second-order valence-corrected chi connectivity index (χ2v) is 3.41. The van der Waals surface area contributed by atoms with Crippen LogP contribution < -0.4 is 0 Å². The van der Waals surface area contributed by atoms with E-state index in [2.05, 4.69) is 4.74 Å². The maximum Gasteiger partial charge on any atom is 0.306 e. The Kier molecular flexibility index (Phi) is 2.13. The van der Waals surface area contributed by atoms with Crippen molar-refractivity contribution < 1.29 is 23.1 Å². The SMILES string of the molecule is COC(=O)C[C@]1(C)[C@H](C=O)C1(F)F. The van der Waals surface area contributed by atoms with Crippen LogP contribution in [0.4, 0.5) is 8.78 Å². The van der Waals surface area contributed by atoms with E-state index in [0.717, 1.165) is 7.11 Å². The molecule has 1 aliphatic carbocycles. The number of carbonyl (C=O) groups excluding carboxylic acids is 2. The van der Waals surface area contributed by atoms with Gasteiger partial charge in [0.05, 0.1) is 24.9 Å². The molecule has 0 aliphatic heterocycles. The number of methoxy groups -OCH3 is 1. The number of hydrogen-bond donors (Lipinski definition) is 0. The number of ether oxygens (including phenoxy) is 1. The zero-order chi connectivity index (χ0) is 10.3. The third-order valence-electron chi connectivity index (χ3n) is 2.63. The highest BCUT2D eigenvalue weighted by Gasteiger charge is 2.78. The van der Waals surface area contributed by atoms with Crippen LogP contribution in [0, 0.1) is 11.3 Å². The van der Waals surface area contributed by atoms with Gasteiger partial charge in [-0.2, -0.15) is 0 Å². The first kappa shape index (κ1) is 10.1. The van der Waals surface area contributed by atoms with Gasteiger partial charge in [0.25, 0.3) is 5.92 Å². The van der Waals surface area contributed by atoms with Crippen LogP contribution in [0.3, 0.4) is 0 Å². The van der Waals surface area contributed by atoms with Crippen molar-refractivity contribution in [3.63, 3.8) is 0 Å².